The van der Waals surface area contributed by atoms with Crippen LogP contribution >= 0.6 is 0 Å². The van der Waals surface area contributed by atoms with Crippen molar-refractivity contribution in [3.05, 3.63) is 42.0 Å². The van der Waals surface area contributed by atoms with Crippen molar-refractivity contribution in [3.63, 3.8) is 0 Å². The molecule has 1 amide bonds. The van der Waals surface area contributed by atoms with Crippen LogP contribution in [0.3, 0.4) is 0 Å². The summed E-state index contributed by atoms with van der Waals surface area (Å²) in [5, 5.41) is 0. The van der Waals surface area contributed by atoms with E-state index >= 15 is 0 Å². The second-order valence-corrected chi connectivity index (χ2v) is 7.38. The summed E-state index contributed by atoms with van der Waals surface area (Å²) in [6.45, 7) is 3.86. The Balaban J connectivity index is 1.49. The average Bonchev–Trinajstić information content (AvgIpc) is 3.20. The molecule has 0 radical (unpaired) electrons. The summed E-state index contributed by atoms with van der Waals surface area (Å²) < 4.78 is 12.8. The van der Waals surface area contributed by atoms with E-state index in [-0.39, 0.29) is 11.3 Å². The van der Waals surface area contributed by atoms with Gasteiger partial charge in [-0.2, -0.15) is 0 Å². The molecule has 2 aromatic rings. The number of likely N-dealkylation sites (tertiary alicyclic amines) is 1. The zero-order chi connectivity index (χ0) is 17.4. The molecule has 0 N–H and O–H groups in total. The third kappa shape index (κ3) is 3.21. The van der Waals surface area contributed by atoms with Crippen LogP contribution < -0.4 is 9.47 Å². The minimum atomic E-state index is 0.0484. The number of benzene rings is 1. The number of aromatic nitrogens is 2. The predicted octanol–water partition coefficient (Wildman–Crippen LogP) is 2.52. The molecule has 0 bridgehead atoms. The highest BCUT2D eigenvalue weighted by atomic mass is 16.7. The van der Waals surface area contributed by atoms with Crippen molar-refractivity contribution >= 4 is 5.91 Å². The van der Waals surface area contributed by atoms with E-state index < -0.39 is 0 Å². The number of aryl methyl sites for hydroxylation is 1. The Morgan fingerprint density at radius 2 is 2.12 bits per heavy atom. The van der Waals surface area contributed by atoms with Gasteiger partial charge >= 0.3 is 0 Å². The summed E-state index contributed by atoms with van der Waals surface area (Å²) in [6, 6.07) is 6.13. The molecule has 0 spiro atoms. The fraction of sp³-hybridized carbons (Fsp3) is 0.474. The topological polar surface area (TPSA) is 56.6 Å². The minimum Gasteiger partial charge on any atom is -0.454 e. The van der Waals surface area contributed by atoms with Gasteiger partial charge in [0.25, 0.3) is 0 Å². The average molecular weight is 341 g/mol. The lowest BCUT2D eigenvalue weighted by Gasteiger charge is -2.40. The summed E-state index contributed by atoms with van der Waals surface area (Å²) in [7, 11) is 1.96. The fourth-order valence-electron chi connectivity index (χ4n) is 3.75. The normalized spacial score (nSPS) is 22.5. The summed E-state index contributed by atoms with van der Waals surface area (Å²) in [6.07, 6.45) is 6.09. The molecule has 4 rings (SSSR count). The van der Waals surface area contributed by atoms with Crippen LogP contribution in [0.4, 0.5) is 0 Å². The summed E-state index contributed by atoms with van der Waals surface area (Å²) in [4.78, 5) is 18.7. The van der Waals surface area contributed by atoms with Crippen molar-refractivity contribution in [1.29, 1.82) is 0 Å². The highest BCUT2D eigenvalue weighted by molar-refractivity contribution is 5.77. The van der Waals surface area contributed by atoms with Crippen LogP contribution in [0, 0.1) is 5.41 Å². The first-order valence-corrected chi connectivity index (χ1v) is 8.65. The van der Waals surface area contributed by atoms with Gasteiger partial charge < -0.3 is 18.9 Å². The molecule has 1 saturated heterocycles. The Labute approximate surface area is 147 Å². The Hall–Kier alpha value is -2.50. The Morgan fingerprint density at radius 3 is 2.92 bits per heavy atom. The van der Waals surface area contributed by atoms with E-state index in [4.69, 9.17) is 9.47 Å². The van der Waals surface area contributed by atoms with Gasteiger partial charge in [0.1, 0.15) is 5.82 Å². The van der Waals surface area contributed by atoms with Gasteiger partial charge in [0.05, 0.1) is 6.54 Å². The number of imidazole rings is 1. The standard InChI is InChI=1S/C19H23N3O3/c1-19(10-14-3-4-15-16(9-14)25-13-24-15)6-5-18(23)22(12-19)11-17-20-7-8-21(17)2/h3-4,7-9H,5-6,10-13H2,1-2H3. The Bertz CT molecular complexity index is 801. The number of nitrogens with zero attached hydrogens (tertiary/aromatic N) is 3. The molecule has 0 aliphatic carbocycles. The zero-order valence-electron chi connectivity index (χ0n) is 14.7. The lowest BCUT2D eigenvalue weighted by Crippen LogP contribution is -2.46. The largest absolute Gasteiger partial charge is 0.454 e. The number of carbonyl (C=O) groups is 1. The molecule has 1 unspecified atom stereocenters. The first-order valence-electron chi connectivity index (χ1n) is 8.65. The van der Waals surface area contributed by atoms with Crippen LogP contribution in [0.2, 0.25) is 0 Å². The number of ether oxygens (including phenoxy) is 2. The predicted molar refractivity (Wildman–Crippen MR) is 92.2 cm³/mol. The fourth-order valence-corrected chi connectivity index (χ4v) is 3.75. The van der Waals surface area contributed by atoms with Crippen LogP contribution in [0.1, 0.15) is 31.2 Å². The van der Waals surface area contributed by atoms with Crippen molar-refractivity contribution in [1.82, 2.24) is 14.5 Å². The minimum absolute atomic E-state index is 0.0484. The van der Waals surface area contributed by atoms with Crippen molar-refractivity contribution in [3.8, 4) is 11.5 Å². The second kappa shape index (κ2) is 6.10. The zero-order valence-corrected chi connectivity index (χ0v) is 14.7. The van der Waals surface area contributed by atoms with Gasteiger partial charge in [-0.25, -0.2) is 4.98 Å². The van der Waals surface area contributed by atoms with Gasteiger partial charge in [-0.1, -0.05) is 13.0 Å². The SMILES string of the molecule is Cn1ccnc1CN1CC(C)(Cc2ccc3c(c2)OCO3)CCC1=O. The maximum atomic E-state index is 12.4. The van der Waals surface area contributed by atoms with Crippen molar-refractivity contribution in [2.75, 3.05) is 13.3 Å². The van der Waals surface area contributed by atoms with Crippen molar-refractivity contribution in [2.45, 2.75) is 32.7 Å². The van der Waals surface area contributed by atoms with Crippen LogP contribution in [-0.4, -0.2) is 33.7 Å². The number of rotatable bonds is 4. The van der Waals surface area contributed by atoms with Crippen LogP contribution in [0.5, 0.6) is 11.5 Å². The highest BCUT2D eigenvalue weighted by Crippen LogP contribution is 2.38. The molecule has 25 heavy (non-hydrogen) atoms. The lowest BCUT2D eigenvalue weighted by atomic mass is 9.76. The van der Waals surface area contributed by atoms with E-state index in [0.29, 0.717) is 19.8 Å². The van der Waals surface area contributed by atoms with Crippen LogP contribution in [0.15, 0.2) is 30.6 Å². The van der Waals surface area contributed by atoms with Crippen LogP contribution in [0.25, 0.3) is 0 Å². The monoisotopic (exact) mass is 341 g/mol. The first kappa shape index (κ1) is 16.0. The van der Waals surface area contributed by atoms with E-state index in [0.717, 1.165) is 36.7 Å². The van der Waals surface area contributed by atoms with E-state index in [1.54, 1.807) is 6.20 Å². The number of carbonyl (C=O) groups excluding carboxylic acids is 1. The molecule has 3 heterocycles. The van der Waals surface area contributed by atoms with E-state index in [1.165, 1.54) is 5.56 Å². The van der Waals surface area contributed by atoms with Gasteiger partial charge in [-0.3, -0.25) is 4.79 Å². The number of amides is 1. The Morgan fingerprint density at radius 1 is 1.28 bits per heavy atom. The van der Waals surface area contributed by atoms with Gasteiger partial charge in [0.15, 0.2) is 11.5 Å². The molecule has 0 saturated carbocycles. The van der Waals surface area contributed by atoms with Crippen molar-refractivity contribution in [2.24, 2.45) is 12.5 Å². The van der Waals surface area contributed by atoms with Crippen molar-refractivity contribution < 1.29 is 14.3 Å². The smallest absolute Gasteiger partial charge is 0.231 e. The molecule has 132 valence electrons. The number of hydrogen-bond donors (Lipinski definition) is 0. The van der Waals surface area contributed by atoms with E-state index in [2.05, 4.69) is 24.0 Å². The highest BCUT2D eigenvalue weighted by Gasteiger charge is 2.35. The third-order valence-corrected chi connectivity index (χ3v) is 5.19. The third-order valence-electron chi connectivity index (χ3n) is 5.19. The summed E-state index contributed by atoms with van der Waals surface area (Å²) in [5.41, 5.74) is 1.27. The van der Waals surface area contributed by atoms with Gasteiger partial charge in [0, 0.05) is 32.4 Å². The molecule has 6 heteroatoms. The maximum absolute atomic E-state index is 12.4. The lowest BCUT2D eigenvalue weighted by molar-refractivity contribution is -0.138. The first-order chi connectivity index (χ1) is 12.0. The van der Waals surface area contributed by atoms with Gasteiger partial charge in [-0.05, 0) is 36.0 Å². The molecule has 6 nitrogen and oxygen atoms in total. The maximum Gasteiger partial charge on any atom is 0.231 e. The summed E-state index contributed by atoms with van der Waals surface area (Å²) >= 11 is 0. The Kier molecular flexibility index (Phi) is 3.90. The molecule has 1 atom stereocenters. The molecule has 1 fully saturated rings. The number of piperidine rings is 1. The number of hydrogen-bond acceptors (Lipinski definition) is 4. The van der Waals surface area contributed by atoms with E-state index in [1.807, 2.05) is 28.8 Å². The molecule has 2 aliphatic rings. The molecular weight excluding hydrogens is 318 g/mol. The van der Waals surface area contributed by atoms with Crippen LogP contribution in [-0.2, 0) is 24.8 Å². The van der Waals surface area contributed by atoms with Gasteiger partial charge in [0.2, 0.25) is 12.7 Å². The molecular formula is C19H23N3O3. The van der Waals surface area contributed by atoms with E-state index in [9.17, 15) is 4.79 Å². The summed E-state index contributed by atoms with van der Waals surface area (Å²) in [5.74, 6) is 2.76. The molecule has 2 aliphatic heterocycles. The quantitative estimate of drug-likeness (QED) is 0.857. The second-order valence-electron chi connectivity index (χ2n) is 7.38. The van der Waals surface area contributed by atoms with Gasteiger partial charge in [-0.15, -0.1) is 0 Å². The molecule has 1 aromatic carbocycles. The number of fused-ring (bicyclic) bond motifs is 1. The molecule has 1 aromatic heterocycles.